The van der Waals surface area contributed by atoms with Crippen LogP contribution < -0.4 is 9.64 Å². The number of esters is 1. The second kappa shape index (κ2) is 18.3. The first-order chi connectivity index (χ1) is 25.8. The highest BCUT2D eigenvalue weighted by molar-refractivity contribution is 7.97. The third-order valence-corrected chi connectivity index (χ3v) is 10.2. The molecule has 1 fully saturated rings. The van der Waals surface area contributed by atoms with Crippen molar-refractivity contribution < 1.29 is 24.0 Å². The lowest BCUT2D eigenvalue weighted by Crippen LogP contribution is -2.37. The minimum Gasteiger partial charge on any atom is -0.488 e. The Bertz CT molecular complexity index is 1970. The number of benzene rings is 5. The first-order valence-electron chi connectivity index (χ1n) is 17.9. The number of amides is 1. The summed E-state index contributed by atoms with van der Waals surface area (Å²) >= 11 is 1.33. The molecule has 0 N–H and O–H groups in total. The van der Waals surface area contributed by atoms with Gasteiger partial charge in [0.25, 0.3) is 5.69 Å². The molecule has 0 radical (unpaired) electrons. The number of ether oxygens (including phenoxy) is 2. The van der Waals surface area contributed by atoms with E-state index in [1.807, 2.05) is 60.7 Å². The molecule has 5 aromatic carbocycles. The summed E-state index contributed by atoms with van der Waals surface area (Å²) in [4.78, 5) is 40.9. The summed E-state index contributed by atoms with van der Waals surface area (Å²) in [5, 5.41) is 11.1. The second-order valence-corrected chi connectivity index (χ2v) is 14.5. The fourth-order valence-corrected chi connectivity index (χ4v) is 7.25. The number of non-ortho nitro benzene ring substituents is 1. The van der Waals surface area contributed by atoms with E-state index in [4.69, 9.17) is 9.47 Å². The van der Waals surface area contributed by atoms with Gasteiger partial charge in [0.2, 0.25) is 5.91 Å². The molecule has 0 heterocycles. The lowest BCUT2D eigenvalue weighted by Gasteiger charge is -2.27. The molecule has 1 saturated carbocycles. The van der Waals surface area contributed by atoms with Crippen LogP contribution in [0.1, 0.15) is 70.6 Å². The van der Waals surface area contributed by atoms with E-state index in [0.29, 0.717) is 23.9 Å². The van der Waals surface area contributed by atoms with Gasteiger partial charge in [-0.2, -0.15) is 0 Å². The van der Waals surface area contributed by atoms with Gasteiger partial charge in [-0.1, -0.05) is 104 Å². The van der Waals surface area contributed by atoms with E-state index in [1.54, 1.807) is 46.6 Å². The number of hydrogen-bond acceptors (Lipinski definition) is 8. The number of hydrogen-bond donors (Lipinski definition) is 0. The first kappa shape index (κ1) is 37.3. The molecule has 0 aliphatic heterocycles. The van der Waals surface area contributed by atoms with Crippen molar-refractivity contribution in [2.75, 3.05) is 18.5 Å². The third kappa shape index (κ3) is 10.6. The van der Waals surface area contributed by atoms with E-state index in [1.165, 1.54) is 61.7 Å². The highest BCUT2D eigenvalue weighted by Gasteiger charge is 2.23. The van der Waals surface area contributed by atoms with Gasteiger partial charge in [-0.25, -0.2) is 9.10 Å². The highest BCUT2D eigenvalue weighted by Crippen LogP contribution is 2.34. The van der Waals surface area contributed by atoms with Crippen LogP contribution in [0.5, 0.6) is 5.75 Å². The zero-order valence-corrected chi connectivity index (χ0v) is 30.6. The largest absolute Gasteiger partial charge is 0.488 e. The smallest absolute Gasteiger partial charge is 0.342 e. The molecule has 0 aromatic heterocycles. The van der Waals surface area contributed by atoms with Crippen molar-refractivity contribution in [3.8, 4) is 5.75 Å². The van der Waals surface area contributed by atoms with Crippen LogP contribution in [0.2, 0.25) is 0 Å². The minimum absolute atomic E-state index is 0.00596. The van der Waals surface area contributed by atoms with Crippen LogP contribution in [0.15, 0.2) is 132 Å². The van der Waals surface area contributed by atoms with Crippen LogP contribution in [0.3, 0.4) is 0 Å². The van der Waals surface area contributed by atoms with Crippen molar-refractivity contribution in [1.82, 2.24) is 4.31 Å². The van der Waals surface area contributed by atoms with Crippen molar-refractivity contribution >= 4 is 35.2 Å². The van der Waals surface area contributed by atoms with Gasteiger partial charge in [-0.3, -0.25) is 14.9 Å². The summed E-state index contributed by atoms with van der Waals surface area (Å²) in [7, 11) is 1.81. The molecule has 0 atom stereocenters. The topological polar surface area (TPSA) is 102 Å². The van der Waals surface area contributed by atoms with Gasteiger partial charge in [-0.05, 0) is 84.3 Å². The van der Waals surface area contributed by atoms with Crippen LogP contribution in [0, 0.1) is 10.1 Å². The fourth-order valence-electron chi connectivity index (χ4n) is 6.46. The Morgan fingerprint density at radius 2 is 1.42 bits per heavy atom. The minimum atomic E-state index is -0.529. The van der Waals surface area contributed by atoms with Gasteiger partial charge in [0, 0.05) is 28.8 Å². The monoisotopic (exact) mass is 729 g/mol. The maximum Gasteiger partial charge on any atom is 0.342 e. The molecule has 272 valence electrons. The van der Waals surface area contributed by atoms with Gasteiger partial charge in [0.15, 0.2) is 0 Å². The van der Waals surface area contributed by atoms with Gasteiger partial charge in [-0.15, -0.1) is 0 Å². The number of nitrogens with zero attached hydrogens (tertiary/aromatic N) is 3. The Morgan fingerprint density at radius 1 is 0.774 bits per heavy atom. The predicted octanol–water partition coefficient (Wildman–Crippen LogP) is 9.75. The van der Waals surface area contributed by atoms with Gasteiger partial charge >= 0.3 is 5.97 Å². The number of nitro benzene ring substituents is 1. The Hall–Kier alpha value is -5.45. The molecular weight excluding hydrogens is 687 g/mol. The average molecular weight is 730 g/mol. The number of nitro groups is 1. The van der Waals surface area contributed by atoms with Crippen LogP contribution in [0.4, 0.5) is 11.4 Å². The highest BCUT2D eigenvalue weighted by atomic mass is 32.2. The molecule has 0 saturated heterocycles. The molecule has 1 amide bonds. The van der Waals surface area contributed by atoms with Crippen LogP contribution in [-0.2, 0) is 29.3 Å². The molecule has 1 aliphatic carbocycles. The lowest BCUT2D eigenvalue weighted by molar-refractivity contribution is -0.384. The third-order valence-electron chi connectivity index (χ3n) is 9.31. The summed E-state index contributed by atoms with van der Waals surface area (Å²) in [5.74, 6) is 0.174. The molecular formula is C43H43N3O6S. The summed E-state index contributed by atoms with van der Waals surface area (Å²) in [6, 6.07) is 39.1. The Kier molecular flexibility index (Phi) is 12.9. The van der Waals surface area contributed by atoms with Gasteiger partial charge in [0.1, 0.15) is 24.5 Å². The van der Waals surface area contributed by atoms with E-state index in [0.717, 1.165) is 21.6 Å². The summed E-state index contributed by atoms with van der Waals surface area (Å²) in [5.41, 5.74) is 4.94. The molecule has 10 heteroatoms. The number of likely N-dealkylation sites (N-methyl/N-ethyl adjacent to an activating group) is 1. The van der Waals surface area contributed by atoms with Crippen molar-refractivity contribution in [1.29, 1.82) is 0 Å². The normalized spacial score (nSPS) is 13.0. The second-order valence-electron chi connectivity index (χ2n) is 13.2. The average Bonchev–Trinajstić information content (AvgIpc) is 3.19. The molecule has 53 heavy (non-hydrogen) atoms. The maximum absolute atomic E-state index is 14.2. The van der Waals surface area contributed by atoms with E-state index in [2.05, 4.69) is 24.3 Å². The van der Waals surface area contributed by atoms with E-state index < -0.39 is 10.9 Å². The molecule has 9 nitrogen and oxygen atoms in total. The van der Waals surface area contributed by atoms with Crippen LogP contribution in [0.25, 0.3) is 0 Å². The predicted molar refractivity (Wildman–Crippen MR) is 208 cm³/mol. The Labute approximate surface area is 314 Å². The molecule has 0 spiro atoms. The SMILES string of the molecule is CN(CC(=O)N(Cc1ccc(C2CCCCC2)cc1)c1ccc(C(=O)OCc2ccccc2)c(OCc2ccccc2)c1)Sc1ccc([N+](=O)[O-])cc1. The van der Waals surface area contributed by atoms with E-state index >= 15 is 0 Å². The molecule has 6 rings (SSSR count). The number of anilines is 1. The first-order valence-corrected chi connectivity index (χ1v) is 18.6. The number of carbonyl (C=O) groups excluding carboxylic acids is 2. The summed E-state index contributed by atoms with van der Waals surface area (Å²) in [6.45, 7) is 0.673. The van der Waals surface area contributed by atoms with Crippen LogP contribution in [-0.4, -0.2) is 34.7 Å². The molecule has 5 aromatic rings. The van der Waals surface area contributed by atoms with Crippen molar-refractivity contribution in [3.63, 3.8) is 0 Å². The Morgan fingerprint density at radius 3 is 2.06 bits per heavy atom. The Balaban J connectivity index is 1.27. The number of rotatable bonds is 15. The molecule has 0 unspecified atom stereocenters. The fraction of sp³-hybridized carbons (Fsp3) is 0.256. The quantitative estimate of drug-likeness (QED) is 0.0454. The van der Waals surface area contributed by atoms with Gasteiger partial charge < -0.3 is 14.4 Å². The van der Waals surface area contributed by atoms with Gasteiger partial charge in [0.05, 0.1) is 18.0 Å². The number of carbonyl (C=O) groups is 2. The van der Waals surface area contributed by atoms with Crippen molar-refractivity contribution in [2.24, 2.45) is 0 Å². The zero-order valence-electron chi connectivity index (χ0n) is 29.8. The lowest BCUT2D eigenvalue weighted by atomic mass is 9.84. The maximum atomic E-state index is 14.2. The van der Waals surface area contributed by atoms with E-state index in [9.17, 15) is 19.7 Å². The molecule has 1 aliphatic rings. The zero-order chi connectivity index (χ0) is 37.0. The summed E-state index contributed by atoms with van der Waals surface area (Å²) in [6.07, 6.45) is 6.21. The summed E-state index contributed by atoms with van der Waals surface area (Å²) < 4.78 is 13.8. The standard InChI is InChI=1S/C43H43N3O6S/c1-44(53-39-24-21-37(22-25-39)46(49)50)29-42(47)45(28-32-17-19-36(20-18-32)35-15-9-4-10-16-35)38-23-26-40(43(48)52-31-34-13-7-3-8-14-34)41(27-38)51-30-33-11-5-2-6-12-33/h2-3,5-8,11-14,17-27,35H,4,9-10,15-16,28-31H2,1H3. The molecule has 0 bridgehead atoms. The van der Waals surface area contributed by atoms with Crippen molar-refractivity contribution in [2.45, 2.75) is 62.7 Å². The van der Waals surface area contributed by atoms with E-state index in [-0.39, 0.29) is 36.9 Å². The van der Waals surface area contributed by atoms with Crippen LogP contribution >= 0.6 is 11.9 Å². The van der Waals surface area contributed by atoms with Crippen molar-refractivity contribution in [3.05, 3.63) is 165 Å².